The van der Waals surface area contributed by atoms with Gasteiger partial charge >= 0.3 is 0 Å². The third-order valence-electron chi connectivity index (χ3n) is 4.28. The lowest BCUT2D eigenvalue weighted by Crippen LogP contribution is -2.32. The van der Waals surface area contributed by atoms with Crippen LogP contribution < -0.4 is 24.3 Å². The van der Waals surface area contributed by atoms with E-state index in [1.54, 1.807) is 19.1 Å². The molecule has 11 heteroatoms. The number of rotatable bonds is 11. The number of benzene rings is 2. The number of ketones is 1. The number of carbonyl (C=O) groups excluding carboxylic acids is 2. The first-order valence-electron chi connectivity index (χ1n) is 9.99. The molecule has 2 aromatic carbocycles. The molecular formula is C22H25Cl2N3O6. The van der Waals surface area contributed by atoms with E-state index < -0.39 is 17.7 Å². The van der Waals surface area contributed by atoms with Crippen molar-refractivity contribution in [2.24, 2.45) is 10.2 Å². The molecule has 0 fully saturated rings. The van der Waals surface area contributed by atoms with E-state index in [0.717, 1.165) is 0 Å². The monoisotopic (exact) mass is 497 g/mol. The number of hydrogen-bond donors (Lipinski definition) is 1. The minimum atomic E-state index is -1.46. The highest BCUT2D eigenvalue weighted by Crippen LogP contribution is 2.41. The topological polar surface area (TPSA) is 108 Å². The molecule has 0 radical (unpaired) electrons. The van der Waals surface area contributed by atoms with Crippen LogP contribution in [0.5, 0.6) is 23.0 Å². The lowest BCUT2D eigenvalue weighted by molar-refractivity contribution is -0.126. The molecule has 0 saturated carbocycles. The van der Waals surface area contributed by atoms with Crippen molar-refractivity contribution in [3.05, 3.63) is 34.3 Å². The highest BCUT2D eigenvalue weighted by atomic mass is 35.5. The number of methoxy groups -OCH3 is 2. The van der Waals surface area contributed by atoms with Crippen molar-refractivity contribution in [3.63, 3.8) is 0 Å². The first-order valence-corrected chi connectivity index (χ1v) is 10.7. The summed E-state index contributed by atoms with van der Waals surface area (Å²) in [6, 6.07) is 4.70. The van der Waals surface area contributed by atoms with Gasteiger partial charge in [-0.2, -0.15) is 10.2 Å². The minimum Gasteiger partial charge on any atom is -0.495 e. The van der Waals surface area contributed by atoms with Gasteiger partial charge in [0.25, 0.3) is 5.91 Å². The van der Waals surface area contributed by atoms with Gasteiger partial charge in [0.1, 0.15) is 22.9 Å². The van der Waals surface area contributed by atoms with Crippen LogP contribution in [0.2, 0.25) is 10.0 Å². The molecule has 2 aromatic rings. The number of anilines is 1. The fraction of sp³-hybridized carbons (Fsp3) is 0.364. The number of halogens is 2. The van der Waals surface area contributed by atoms with E-state index in [1.165, 1.54) is 33.3 Å². The predicted molar refractivity (Wildman–Crippen MR) is 126 cm³/mol. The van der Waals surface area contributed by atoms with Gasteiger partial charge in [-0.25, -0.2) is 0 Å². The van der Waals surface area contributed by atoms with Crippen molar-refractivity contribution >= 4 is 46.3 Å². The van der Waals surface area contributed by atoms with Crippen LogP contribution in [0.4, 0.5) is 11.4 Å². The summed E-state index contributed by atoms with van der Waals surface area (Å²) in [5.41, 5.74) is 0.394. The average molecular weight is 498 g/mol. The van der Waals surface area contributed by atoms with Crippen molar-refractivity contribution in [1.29, 1.82) is 0 Å². The molecule has 0 spiro atoms. The number of nitrogens with one attached hydrogen (secondary N) is 1. The van der Waals surface area contributed by atoms with E-state index in [4.69, 9.17) is 42.1 Å². The molecule has 0 aromatic heterocycles. The minimum absolute atomic E-state index is 0.168. The van der Waals surface area contributed by atoms with Crippen molar-refractivity contribution in [2.75, 3.05) is 32.8 Å². The van der Waals surface area contributed by atoms with Crippen molar-refractivity contribution in [2.45, 2.75) is 26.8 Å². The summed E-state index contributed by atoms with van der Waals surface area (Å²) in [5.74, 6) is -0.00935. The fourth-order valence-corrected chi connectivity index (χ4v) is 3.19. The molecule has 178 valence electrons. The molecule has 0 aliphatic carbocycles. The Balaban J connectivity index is 2.40. The molecule has 0 saturated heterocycles. The van der Waals surface area contributed by atoms with Gasteiger partial charge < -0.3 is 24.3 Å². The van der Waals surface area contributed by atoms with Gasteiger partial charge in [0.15, 0.2) is 17.3 Å². The van der Waals surface area contributed by atoms with Gasteiger partial charge in [0.05, 0.1) is 37.5 Å². The zero-order valence-electron chi connectivity index (χ0n) is 18.9. The number of Topliss-reactive ketones (excluding diaryl/α,β-unsaturated/α-hetero) is 1. The first-order chi connectivity index (χ1) is 15.8. The Morgan fingerprint density at radius 2 is 1.64 bits per heavy atom. The van der Waals surface area contributed by atoms with E-state index in [9.17, 15) is 9.59 Å². The number of ether oxygens (including phenoxy) is 4. The summed E-state index contributed by atoms with van der Waals surface area (Å²) in [5, 5.41) is 11.1. The molecule has 1 unspecified atom stereocenters. The fourth-order valence-electron chi connectivity index (χ4n) is 2.77. The maximum absolute atomic E-state index is 13.0. The molecule has 2 rings (SSSR count). The van der Waals surface area contributed by atoms with Gasteiger partial charge in [-0.05, 0) is 32.9 Å². The number of carbonyl (C=O) groups is 2. The summed E-state index contributed by atoms with van der Waals surface area (Å²) in [6.45, 7) is 5.51. The Kier molecular flexibility index (Phi) is 9.74. The van der Waals surface area contributed by atoms with Crippen LogP contribution in [0.15, 0.2) is 34.5 Å². The Morgan fingerprint density at radius 1 is 0.970 bits per heavy atom. The molecule has 1 atom stereocenters. The third-order valence-corrected chi connectivity index (χ3v) is 4.89. The van der Waals surface area contributed by atoms with Gasteiger partial charge in [0.2, 0.25) is 6.04 Å². The molecule has 1 N–H and O–H groups in total. The Labute approximate surface area is 202 Å². The van der Waals surface area contributed by atoms with Crippen LogP contribution in [0, 0.1) is 0 Å². The zero-order chi connectivity index (χ0) is 24.5. The Hall–Kier alpha value is -3.04. The predicted octanol–water partition coefficient (Wildman–Crippen LogP) is 5.49. The molecule has 0 aliphatic heterocycles. The molecule has 1 amide bonds. The van der Waals surface area contributed by atoms with E-state index >= 15 is 0 Å². The first kappa shape index (κ1) is 26.2. The van der Waals surface area contributed by atoms with Gasteiger partial charge in [-0.3, -0.25) is 9.59 Å². The van der Waals surface area contributed by atoms with Crippen molar-refractivity contribution in [3.8, 4) is 23.0 Å². The van der Waals surface area contributed by atoms with Gasteiger partial charge in [0, 0.05) is 12.1 Å². The van der Waals surface area contributed by atoms with Crippen LogP contribution in [0.25, 0.3) is 0 Å². The van der Waals surface area contributed by atoms with E-state index in [0.29, 0.717) is 35.5 Å². The SMILES string of the molecule is CCOc1ccc(Cl)c(NC(=O)C(N=Nc2cc(OC)c(Cl)cc2OC)C(C)=O)c1OCC. The zero-order valence-corrected chi connectivity index (χ0v) is 20.4. The van der Waals surface area contributed by atoms with Gasteiger partial charge in [-0.15, -0.1) is 0 Å². The molecule has 0 bridgehead atoms. The second kappa shape index (κ2) is 12.3. The molecule has 0 heterocycles. The lowest BCUT2D eigenvalue weighted by Gasteiger charge is -2.18. The van der Waals surface area contributed by atoms with Crippen molar-refractivity contribution < 1.29 is 28.5 Å². The van der Waals surface area contributed by atoms with Gasteiger partial charge in [-0.1, -0.05) is 23.2 Å². The summed E-state index contributed by atoms with van der Waals surface area (Å²) >= 11 is 12.4. The standard InChI is InChI=1S/C22H25Cl2N3O6/c1-6-32-16-9-8-13(23)20(21(16)33-7-2)25-22(29)19(12(3)28)27-26-15-11-17(30-4)14(24)10-18(15)31-5/h8-11,19H,6-7H2,1-5H3,(H,25,29). The Morgan fingerprint density at radius 3 is 2.21 bits per heavy atom. The quantitative estimate of drug-likeness (QED) is 0.324. The van der Waals surface area contributed by atoms with Crippen LogP contribution in [-0.4, -0.2) is 45.2 Å². The second-order valence-electron chi connectivity index (χ2n) is 6.49. The highest BCUT2D eigenvalue weighted by Gasteiger charge is 2.26. The molecular weight excluding hydrogens is 473 g/mol. The van der Waals surface area contributed by atoms with Crippen LogP contribution in [-0.2, 0) is 9.59 Å². The number of nitrogens with zero attached hydrogens (tertiary/aromatic N) is 2. The summed E-state index contributed by atoms with van der Waals surface area (Å²) < 4.78 is 21.6. The lowest BCUT2D eigenvalue weighted by atomic mass is 10.2. The van der Waals surface area contributed by atoms with E-state index in [1.807, 2.05) is 6.92 Å². The smallest absolute Gasteiger partial charge is 0.258 e. The van der Waals surface area contributed by atoms with Crippen LogP contribution >= 0.6 is 23.2 Å². The summed E-state index contributed by atoms with van der Waals surface area (Å²) in [7, 11) is 2.87. The van der Waals surface area contributed by atoms with Crippen LogP contribution in [0.1, 0.15) is 20.8 Å². The number of azo groups is 1. The van der Waals surface area contributed by atoms with Crippen molar-refractivity contribution in [1.82, 2.24) is 0 Å². The largest absolute Gasteiger partial charge is 0.495 e. The maximum Gasteiger partial charge on any atom is 0.258 e. The average Bonchev–Trinajstić information content (AvgIpc) is 2.78. The highest BCUT2D eigenvalue weighted by molar-refractivity contribution is 6.34. The normalized spacial score (nSPS) is 11.7. The van der Waals surface area contributed by atoms with E-state index in [2.05, 4.69) is 15.5 Å². The molecule has 0 aliphatic rings. The Bertz CT molecular complexity index is 1050. The third kappa shape index (κ3) is 6.49. The number of amides is 1. The molecule has 9 nitrogen and oxygen atoms in total. The van der Waals surface area contributed by atoms with E-state index in [-0.39, 0.29) is 22.1 Å². The van der Waals surface area contributed by atoms with Crippen LogP contribution in [0.3, 0.4) is 0 Å². The number of hydrogen-bond acceptors (Lipinski definition) is 8. The second-order valence-corrected chi connectivity index (χ2v) is 7.31. The summed E-state index contributed by atoms with van der Waals surface area (Å²) in [6.07, 6.45) is 0. The summed E-state index contributed by atoms with van der Waals surface area (Å²) in [4.78, 5) is 25.2. The molecule has 33 heavy (non-hydrogen) atoms. The maximum atomic E-state index is 13.0.